The van der Waals surface area contributed by atoms with E-state index in [0.717, 1.165) is 19.4 Å². The fourth-order valence-electron chi connectivity index (χ4n) is 1.25. The molecule has 0 aromatic rings. The van der Waals surface area contributed by atoms with Gasteiger partial charge >= 0.3 is 6.72 Å². The van der Waals surface area contributed by atoms with Crippen LogP contribution in [0.1, 0.15) is 65.2 Å². The van der Waals surface area contributed by atoms with Crippen molar-refractivity contribution in [3.63, 3.8) is 0 Å². The van der Waals surface area contributed by atoms with Crippen molar-refractivity contribution < 1.29 is 14.3 Å². The van der Waals surface area contributed by atoms with Gasteiger partial charge in [-0.05, 0) is 31.2 Å². The Balaban J connectivity index is 0. The zero-order chi connectivity index (χ0) is 14.3. The average Bonchev–Trinajstić information content (AvgIpc) is 2.29. The van der Waals surface area contributed by atoms with Crippen LogP contribution in [0.2, 0.25) is 0 Å². The maximum absolute atomic E-state index is 8.50. The molecule has 0 aromatic carbocycles. The van der Waals surface area contributed by atoms with Crippen molar-refractivity contribution in [2.45, 2.75) is 65.2 Å². The highest BCUT2D eigenvalue weighted by Crippen LogP contribution is 2.36. The lowest BCUT2D eigenvalue weighted by Crippen LogP contribution is -1.97. The SMILES string of the molecule is CCCCCCCCN.CCCCOP(O)(O)=S. The van der Waals surface area contributed by atoms with Gasteiger partial charge < -0.3 is 20.0 Å². The van der Waals surface area contributed by atoms with Gasteiger partial charge in [0.05, 0.1) is 6.61 Å². The van der Waals surface area contributed by atoms with Gasteiger partial charge in [0, 0.05) is 0 Å². The molecular formula is C12H30NO3PS. The molecule has 0 amide bonds. The maximum atomic E-state index is 8.50. The number of unbranched alkanes of at least 4 members (excludes halogenated alkanes) is 6. The van der Waals surface area contributed by atoms with Crippen molar-refractivity contribution in [1.82, 2.24) is 0 Å². The van der Waals surface area contributed by atoms with Crippen LogP contribution in [0, 0.1) is 0 Å². The van der Waals surface area contributed by atoms with Gasteiger partial charge in [-0.1, -0.05) is 52.4 Å². The van der Waals surface area contributed by atoms with Crippen LogP contribution in [-0.2, 0) is 16.3 Å². The minimum Gasteiger partial charge on any atom is -0.330 e. The van der Waals surface area contributed by atoms with Crippen molar-refractivity contribution in [3.8, 4) is 0 Å². The first-order valence-electron chi connectivity index (χ1n) is 6.88. The summed E-state index contributed by atoms with van der Waals surface area (Å²) in [6.07, 6.45) is 9.84. The topological polar surface area (TPSA) is 75.7 Å². The van der Waals surface area contributed by atoms with Crippen molar-refractivity contribution >= 4 is 18.5 Å². The zero-order valence-electron chi connectivity index (χ0n) is 11.8. The minimum absolute atomic E-state index is 0.348. The number of hydrogen-bond acceptors (Lipinski definition) is 3. The fraction of sp³-hybridized carbons (Fsp3) is 1.00. The van der Waals surface area contributed by atoms with Crippen LogP contribution in [0.3, 0.4) is 0 Å². The van der Waals surface area contributed by atoms with E-state index in [1.54, 1.807) is 0 Å². The van der Waals surface area contributed by atoms with Crippen LogP contribution in [-0.4, -0.2) is 22.9 Å². The van der Waals surface area contributed by atoms with E-state index >= 15 is 0 Å². The number of nitrogens with two attached hydrogens (primary N) is 1. The Morgan fingerprint density at radius 1 is 0.944 bits per heavy atom. The highest BCUT2D eigenvalue weighted by Gasteiger charge is 2.05. The van der Waals surface area contributed by atoms with E-state index in [2.05, 4.69) is 23.3 Å². The molecule has 0 saturated carbocycles. The normalized spacial score (nSPS) is 10.9. The molecule has 0 spiro atoms. The summed E-state index contributed by atoms with van der Waals surface area (Å²) in [6, 6.07) is 0. The molecule has 0 aromatic heterocycles. The predicted molar refractivity (Wildman–Crippen MR) is 82.0 cm³/mol. The molecule has 0 fully saturated rings. The summed E-state index contributed by atoms with van der Waals surface area (Å²) in [6.45, 7) is 2.08. The highest BCUT2D eigenvalue weighted by molar-refractivity contribution is 8.06. The number of rotatable bonds is 10. The van der Waals surface area contributed by atoms with E-state index in [1.807, 2.05) is 6.92 Å². The summed E-state index contributed by atoms with van der Waals surface area (Å²) >= 11 is 4.20. The second-order valence-corrected chi connectivity index (χ2v) is 6.90. The van der Waals surface area contributed by atoms with Gasteiger partial charge in [0.1, 0.15) is 0 Å². The molecular weight excluding hydrogens is 269 g/mol. The Morgan fingerprint density at radius 3 is 1.89 bits per heavy atom. The van der Waals surface area contributed by atoms with Crippen LogP contribution in [0.4, 0.5) is 0 Å². The highest BCUT2D eigenvalue weighted by atomic mass is 32.5. The molecule has 18 heavy (non-hydrogen) atoms. The third kappa shape index (κ3) is 25.4. The van der Waals surface area contributed by atoms with E-state index in [1.165, 1.54) is 38.5 Å². The largest absolute Gasteiger partial charge is 0.330 e. The van der Waals surface area contributed by atoms with Crippen molar-refractivity contribution in [2.24, 2.45) is 5.73 Å². The Hall–Kier alpha value is 0.490. The summed E-state index contributed by atoms with van der Waals surface area (Å²) in [5.41, 5.74) is 5.34. The van der Waals surface area contributed by atoms with E-state index in [4.69, 9.17) is 15.5 Å². The van der Waals surface area contributed by atoms with Crippen LogP contribution >= 0.6 is 6.72 Å². The van der Waals surface area contributed by atoms with E-state index in [0.29, 0.717) is 6.61 Å². The zero-order valence-corrected chi connectivity index (χ0v) is 13.5. The summed E-state index contributed by atoms with van der Waals surface area (Å²) in [5, 5.41) is 0. The quantitative estimate of drug-likeness (QED) is 0.426. The Bertz CT molecular complexity index is 194. The molecule has 0 radical (unpaired) electrons. The molecule has 0 heterocycles. The van der Waals surface area contributed by atoms with Gasteiger partial charge in [-0.25, -0.2) is 0 Å². The molecule has 0 rings (SSSR count). The first-order valence-corrected chi connectivity index (χ1v) is 9.50. The molecule has 0 aliphatic rings. The lowest BCUT2D eigenvalue weighted by Gasteiger charge is -2.05. The average molecular weight is 299 g/mol. The van der Waals surface area contributed by atoms with Gasteiger partial charge in [-0.15, -0.1) is 0 Å². The Kier molecular flexibility index (Phi) is 18.0. The lowest BCUT2D eigenvalue weighted by atomic mass is 10.1. The predicted octanol–water partition coefficient (Wildman–Crippen LogP) is 3.32. The van der Waals surface area contributed by atoms with E-state index in [-0.39, 0.29) is 0 Å². The van der Waals surface area contributed by atoms with Crippen molar-refractivity contribution in [1.29, 1.82) is 0 Å². The van der Waals surface area contributed by atoms with Crippen molar-refractivity contribution in [2.75, 3.05) is 13.2 Å². The summed E-state index contributed by atoms with van der Waals surface area (Å²) in [5.74, 6) is 0. The Labute approximate surface area is 117 Å². The van der Waals surface area contributed by atoms with Gasteiger partial charge in [0.25, 0.3) is 0 Å². The second-order valence-electron chi connectivity index (χ2n) is 4.23. The molecule has 0 saturated heterocycles. The maximum Gasteiger partial charge on any atom is 0.321 e. The molecule has 4 nitrogen and oxygen atoms in total. The van der Waals surface area contributed by atoms with E-state index in [9.17, 15) is 0 Å². The van der Waals surface area contributed by atoms with Crippen LogP contribution in [0.25, 0.3) is 0 Å². The third-order valence-electron chi connectivity index (χ3n) is 2.32. The number of hydrogen-bond donors (Lipinski definition) is 3. The third-order valence-corrected chi connectivity index (χ3v) is 3.15. The summed E-state index contributed by atoms with van der Waals surface area (Å²) in [4.78, 5) is 17.0. The smallest absolute Gasteiger partial charge is 0.321 e. The fourth-order valence-corrected chi connectivity index (χ4v) is 1.84. The minimum atomic E-state index is -3.36. The van der Waals surface area contributed by atoms with Crippen LogP contribution < -0.4 is 5.73 Å². The van der Waals surface area contributed by atoms with Gasteiger partial charge in [0.2, 0.25) is 0 Å². The lowest BCUT2D eigenvalue weighted by molar-refractivity contribution is 0.247. The molecule has 0 bridgehead atoms. The first kappa shape index (κ1) is 20.8. The summed E-state index contributed by atoms with van der Waals surface area (Å²) in [7, 11) is 0. The molecule has 0 aliphatic carbocycles. The van der Waals surface area contributed by atoms with Gasteiger partial charge in [-0.3, -0.25) is 0 Å². The first-order chi connectivity index (χ1) is 8.47. The molecule has 0 aliphatic heterocycles. The van der Waals surface area contributed by atoms with Crippen LogP contribution in [0.15, 0.2) is 0 Å². The van der Waals surface area contributed by atoms with Gasteiger partial charge in [0.15, 0.2) is 0 Å². The van der Waals surface area contributed by atoms with E-state index < -0.39 is 6.72 Å². The molecule has 112 valence electrons. The van der Waals surface area contributed by atoms with Gasteiger partial charge in [-0.2, -0.15) is 0 Å². The van der Waals surface area contributed by atoms with Crippen LogP contribution in [0.5, 0.6) is 0 Å². The monoisotopic (exact) mass is 299 g/mol. The molecule has 4 N–H and O–H groups in total. The molecule has 0 unspecified atom stereocenters. The second kappa shape index (κ2) is 15.5. The molecule has 6 heteroatoms. The van der Waals surface area contributed by atoms with Crippen molar-refractivity contribution in [3.05, 3.63) is 0 Å². The standard InChI is InChI=1S/C8H19N.C4H11O3PS/c1-2-3-4-5-6-7-8-9;1-2-3-4-7-8(5,6)9/h2-9H2,1H3;2-4H2,1H3,(H2,5,6,9). The Morgan fingerprint density at radius 2 is 1.44 bits per heavy atom. The summed E-state index contributed by atoms with van der Waals surface area (Å²) < 4.78 is 4.51. The molecule has 0 atom stereocenters.